The van der Waals surface area contributed by atoms with E-state index in [0.29, 0.717) is 6.61 Å². The molecule has 1 atom stereocenters. The van der Waals surface area contributed by atoms with Crippen LogP contribution in [0.25, 0.3) is 0 Å². The fourth-order valence-corrected chi connectivity index (χ4v) is 1.73. The van der Waals surface area contributed by atoms with Crippen molar-refractivity contribution in [2.45, 2.75) is 26.0 Å². The quantitative estimate of drug-likeness (QED) is 0.873. The number of hydrogen-bond donors (Lipinski definition) is 1. The molecule has 0 unspecified atom stereocenters. The van der Waals surface area contributed by atoms with Crippen LogP contribution in [0.4, 0.5) is 0 Å². The third-order valence-electron chi connectivity index (χ3n) is 2.92. The Hall–Kier alpha value is -1.88. The predicted octanol–water partition coefficient (Wildman–Crippen LogP) is 1.80. The fourth-order valence-electron chi connectivity index (χ4n) is 1.73. The second kappa shape index (κ2) is 5.64. The molecule has 5 nitrogen and oxygen atoms in total. The number of aryl methyl sites for hydroxylation is 1. The van der Waals surface area contributed by atoms with Crippen LogP contribution in [0.15, 0.2) is 30.6 Å². The summed E-state index contributed by atoms with van der Waals surface area (Å²) in [6.45, 7) is 2.45. The molecule has 2 aromatic rings. The largest absolute Gasteiger partial charge is 0.485 e. The number of nitrogens with zero attached hydrogens (tertiary/aromatic N) is 3. The van der Waals surface area contributed by atoms with E-state index in [1.165, 1.54) is 6.33 Å². The van der Waals surface area contributed by atoms with Crippen molar-refractivity contribution in [3.8, 4) is 5.75 Å². The summed E-state index contributed by atoms with van der Waals surface area (Å²) in [5.41, 5.74) is 7.09. The van der Waals surface area contributed by atoms with Crippen molar-refractivity contribution in [2.75, 3.05) is 0 Å². The zero-order valence-electron chi connectivity index (χ0n) is 10.7. The second-order valence-corrected chi connectivity index (χ2v) is 4.14. The van der Waals surface area contributed by atoms with Crippen LogP contribution in [-0.2, 0) is 13.7 Å². The number of nitrogens with two attached hydrogens (primary N) is 1. The lowest BCUT2D eigenvalue weighted by Crippen LogP contribution is -2.11. The maximum Gasteiger partial charge on any atom is 0.164 e. The first-order chi connectivity index (χ1) is 8.72. The van der Waals surface area contributed by atoms with Crippen LogP contribution in [0.3, 0.4) is 0 Å². The minimum atomic E-state index is 0.000645. The van der Waals surface area contributed by atoms with E-state index in [0.717, 1.165) is 23.6 Å². The predicted molar refractivity (Wildman–Crippen MR) is 69.0 cm³/mol. The summed E-state index contributed by atoms with van der Waals surface area (Å²) in [7, 11) is 1.84. The molecule has 0 spiro atoms. The van der Waals surface area contributed by atoms with E-state index < -0.39 is 0 Å². The van der Waals surface area contributed by atoms with Gasteiger partial charge in [0.15, 0.2) is 5.82 Å². The van der Waals surface area contributed by atoms with Gasteiger partial charge in [-0.05, 0) is 12.5 Å². The Bertz CT molecular complexity index is 509. The van der Waals surface area contributed by atoms with Crippen molar-refractivity contribution in [1.82, 2.24) is 14.8 Å². The molecule has 1 aromatic heterocycles. The highest BCUT2D eigenvalue weighted by atomic mass is 16.5. The van der Waals surface area contributed by atoms with Crippen molar-refractivity contribution < 1.29 is 4.74 Å². The molecule has 0 aliphatic carbocycles. The molecule has 18 heavy (non-hydrogen) atoms. The van der Waals surface area contributed by atoms with E-state index >= 15 is 0 Å². The normalized spacial score (nSPS) is 12.4. The number of aromatic nitrogens is 3. The third kappa shape index (κ3) is 2.68. The molecule has 0 amide bonds. The molecule has 5 heteroatoms. The highest BCUT2D eigenvalue weighted by Crippen LogP contribution is 2.25. The summed E-state index contributed by atoms with van der Waals surface area (Å²) in [6, 6.07) is 7.85. The van der Waals surface area contributed by atoms with Gasteiger partial charge in [-0.2, -0.15) is 5.10 Å². The molecule has 0 aliphatic rings. The molecule has 0 saturated carbocycles. The zero-order valence-corrected chi connectivity index (χ0v) is 10.7. The Morgan fingerprint density at radius 1 is 1.39 bits per heavy atom. The average molecular weight is 246 g/mol. The van der Waals surface area contributed by atoms with Gasteiger partial charge in [-0.1, -0.05) is 25.1 Å². The first-order valence-corrected chi connectivity index (χ1v) is 6.02. The average Bonchev–Trinajstić information content (AvgIpc) is 2.81. The zero-order chi connectivity index (χ0) is 13.0. The first-order valence-electron chi connectivity index (χ1n) is 6.02. The SMILES string of the molecule is CC[C@H](N)c1ccccc1OCc1ncnn1C. The lowest BCUT2D eigenvalue weighted by Gasteiger charge is -2.15. The molecule has 96 valence electrons. The van der Waals surface area contributed by atoms with E-state index in [9.17, 15) is 0 Å². The lowest BCUT2D eigenvalue weighted by atomic mass is 10.0. The number of para-hydroxylation sites is 1. The third-order valence-corrected chi connectivity index (χ3v) is 2.92. The molecule has 1 heterocycles. The number of benzene rings is 1. The second-order valence-electron chi connectivity index (χ2n) is 4.14. The van der Waals surface area contributed by atoms with Crippen molar-refractivity contribution in [3.63, 3.8) is 0 Å². The van der Waals surface area contributed by atoms with Gasteiger partial charge in [-0.15, -0.1) is 0 Å². The highest BCUT2D eigenvalue weighted by molar-refractivity contribution is 5.35. The highest BCUT2D eigenvalue weighted by Gasteiger charge is 2.10. The molecule has 0 aliphatic heterocycles. The maximum absolute atomic E-state index is 6.06. The molecular formula is C13H18N4O. The summed E-state index contributed by atoms with van der Waals surface area (Å²) >= 11 is 0. The summed E-state index contributed by atoms with van der Waals surface area (Å²) in [5.74, 6) is 1.60. The van der Waals surface area contributed by atoms with Gasteiger partial charge in [-0.3, -0.25) is 4.68 Å². The van der Waals surface area contributed by atoms with Crippen LogP contribution in [0.2, 0.25) is 0 Å². The van der Waals surface area contributed by atoms with Crippen molar-refractivity contribution >= 4 is 0 Å². The van der Waals surface area contributed by atoms with Crippen molar-refractivity contribution in [2.24, 2.45) is 12.8 Å². The number of ether oxygens (including phenoxy) is 1. The topological polar surface area (TPSA) is 66.0 Å². The molecule has 0 bridgehead atoms. The van der Waals surface area contributed by atoms with E-state index in [4.69, 9.17) is 10.5 Å². The Morgan fingerprint density at radius 3 is 2.83 bits per heavy atom. The summed E-state index contributed by atoms with van der Waals surface area (Å²) in [6.07, 6.45) is 2.40. The van der Waals surface area contributed by atoms with Gasteiger partial charge in [0.1, 0.15) is 18.7 Å². The van der Waals surface area contributed by atoms with Crippen LogP contribution in [0, 0.1) is 0 Å². The minimum absolute atomic E-state index is 0.000645. The summed E-state index contributed by atoms with van der Waals surface area (Å²) in [4.78, 5) is 4.12. The fraction of sp³-hybridized carbons (Fsp3) is 0.385. The summed E-state index contributed by atoms with van der Waals surface area (Å²) in [5, 5.41) is 4.00. The van der Waals surface area contributed by atoms with Crippen LogP contribution in [0.5, 0.6) is 5.75 Å². The van der Waals surface area contributed by atoms with Crippen LogP contribution < -0.4 is 10.5 Å². The van der Waals surface area contributed by atoms with E-state index in [1.54, 1.807) is 4.68 Å². The number of hydrogen-bond acceptors (Lipinski definition) is 4. The van der Waals surface area contributed by atoms with Gasteiger partial charge in [0.05, 0.1) is 0 Å². The van der Waals surface area contributed by atoms with Gasteiger partial charge < -0.3 is 10.5 Å². The van der Waals surface area contributed by atoms with Crippen LogP contribution in [0.1, 0.15) is 30.8 Å². The van der Waals surface area contributed by atoms with Crippen molar-refractivity contribution in [3.05, 3.63) is 42.0 Å². The van der Waals surface area contributed by atoms with Gasteiger partial charge in [0, 0.05) is 18.7 Å². The maximum atomic E-state index is 6.06. The van der Waals surface area contributed by atoms with Gasteiger partial charge in [0.2, 0.25) is 0 Å². The van der Waals surface area contributed by atoms with Gasteiger partial charge in [-0.25, -0.2) is 4.98 Å². The first kappa shape index (κ1) is 12.6. The Morgan fingerprint density at radius 2 is 2.17 bits per heavy atom. The molecule has 2 N–H and O–H groups in total. The summed E-state index contributed by atoms with van der Waals surface area (Å²) < 4.78 is 7.48. The van der Waals surface area contributed by atoms with E-state index in [-0.39, 0.29) is 6.04 Å². The molecule has 2 rings (SSSR count). The number of rotatable bonds is 5. The van der Waals surface area contributed by atoms with Crippen molar-refractivity contribution in [1.29, 1.82) is 0 Å². The lowest BCUT2D eigenvalue weighted by molar-refractivity contribution is 0.285. The smallest absolute Gasteiger partial charge is 0.164 e. The van der Waals surface area contributed by atoms with Gasteiger partial charge in [0.25, 0.3) is 0 Å². The van der Waals surface area contributed by atoms with E-state index in [1.807, 2.05) is 31.3 Å². The van der Waals surface area contributed by atoms with E-state index in [2.05, 4.69) is 17.0 Å². The monoisotopic (exact) mass is 246 g/mol. The standard InChI is InChI=1S/C13H18N4O/c1-3-11(14)10-6-4-5-7-12(10)18-8-13-15-9-16-17(13)2/h4-7,9,11H,3,8,14H2,1-2H3/t11-/m0/s1. The Kier molecular flexibility index (Phi) is 3.94. The van der Waals surface area contributed by atoms with Gasteiger partial charge >= 0.3 is 0 Å². The molecule has 1 aromatic carbocycles. The molecule has 0 saturated heterocycles. The Balaban J connectivity index is 2.12. The Labute approximate surface area is 107 Å². The minimum Gasteiger partial charge on any atom is -0.485 e. The molecular weight excluding hydrogens is 228 g/mol. The molecule has 0 radical (unpaired) electrons. The molecule has 0 fully saturated rings. The van der Waals surface area contributed by atoms with Crippen LogP contribution >= 0.6 is 0 Å². The van der Waals surface area contributed by atoms with Crippen LogP contribution in [-0.4, -0.2) is 14.8 Å².